The van der Waals surface area contributed by atoms with Gasteiger partial charge in [-0.3, -0.25) is 9.59 Å². The Hall–Kier alpha value is -1.10. The Balaban J connectivity index is 2.37. The summed E-state index contributed by atoms with van der Waals surface area (Å²) in [5.41, 5.74) is -0.436. The first kappa shape index (κ1) is 17.0. The largest absolute Gasteiger partial charge is 0.391 e. The number of amides is 2. The summed E-state index contributed by atoms with van der Waals surface area (Å²) in [4.78, 5) is 25.4. The van der Waals surface area contributed by atoms with E-state index in [-0.39, 0.29) is 24.3 Å². The normalized spacial score (nSPS) is 23.2. The van der Waals surface area contributed by atoms with Crippen molar-refractivity contribution in [2.75, 3.05) is 13.6 Å². The van der Waals surface area contributed by atoms with Crippen LogP contribution in [0, 0.1) is 5.41 Å². The van der Waals surface area contributed by atoms with Crippen LogP contribution in [0.5, 0.6) is 0 Å². The van der Waals surface area contributed by atoms with Gasteiger partial charge in [0.05, 0.1) is 12.1 Å². The third-order valence-electron chi connectivity index (χ3n) is 3.89. The molecule has 20 heavy (non-hydrogen) atoms. The minimum Gasteiger partial charge on any atom is -0.391 e. The quantitative estimate of drug-likeness (QED) is 0.817. The van der Waals surface area contributed by atoms with Gasteiger partial charge >= 0.3 is 0 Å². The van der Waals surface area contributed by atoms with Crippen LogP contribution in [-0.4, -0.2) is 47.6 Å². The van der Waals surface area contributed by atoms with Crippen molar-refractivity contribution in [3.63, 3.8) is 0 Å². The summed E-state index contributed by atoms with van der Waals surface area (Å²) >= 11 is 0. The molecule has 2 N–H and O–H groups in total. The fraction of sp³-hybridized carbons (Fsp3) is 0.867. The van der Waals surface area contributed by atoms with Crippen molar-refractivity contribution in [3.05, 3.63) is 0 Å². The standard InChI is InChI=1S/C15H28N2O3/c1-15(2,3)14(20)16-10-9-13(19)17(4)11-7-5-6-8-12(11)18/h11-12,18H,5-10H2,1-4H3,(H,16,20). The van der Waals surface area contributed by atoms with Crippen molar-refractivity contribution in [1.82, 2.24) is 10.2 Å². The van der Waals surface area contributed by atoms with Crippen LogP contribution in [0.3, 0.4) is 0 Å². The molecule has 0 spiro atoms. The fourth-order valence-electron chi connectivity index (χ4n) is 2.45. The molecule has 116 valence electrons. The molecule has 1 saturated carbocycles. The van der Waals surface area contributed by atoms with Gasteiger partial charge in [-0.2, -0.15) is 0 Å². The van der Waals surface area contributed by atoms with Gasteiger partial charge in [0.25, 0.3) is 0 Å². The first-order chi connectivity index (χ1) is 9.23. The predicted octanol–water partition coefficient (Wildman–Crippen LogP) is 1.30. The Kier molecular flexibility index (Phi) is 5.99. The lowest BCUT2D eigenvalue weighted by Crippen LogP contribution is -2.47. The van der Waals surface area contributed by atoms with E-state index in [2.05, 4.69) is 5.32 Å². The van der Waals surface area contributed by atoms with Crippen molar-refractivity contribution < 1.29 is 14.7 Å². The second kappa shape index (κ2) is 7.07. The molecule has 0 saturated heterocycles. The van der Waals surface area contributed by atoms with Crippen LogP contribution in [0.25, 0.3) is 0 Å². The maximum Gasteiger partial charge on any atom is 0.225 e. The van der Waals surface area contributed by atoms with E-state index in [4.69, 9.17) is 0 Å². The van der Waals surface area contributed by atoms with Crippen LogP contribution < -0.4 is 5.32 Å². The molecular formula is C15H28N2O3. The van der Waals surface area contributed by atoms with Crippen molar-refractivity contribution >= 4 is 11.8 Å². The minimum atomic E-state index is -0.436. The molecule has 0 aliphatic heterocycles. The molecule has 2 unspecified atom stereocenters. The van der Waals surface area contributed by atoms with E-state index in [1.165, 1.54) is 0 Å². The van der Waals surface area contributed by atoms with Gasteiger partial charge in [0.2, 0.25) is 11.8 Å². The van der Waals surface area contributed by atoms with E-state index >= 15 is 0 Å². The summed E-state index contributed by atoms with van der Waals surface area (Å²) in [5.74, 6) is -0.0733. The van der Waals surface area contributed by atoms with E-state index in [9.17, 15) is 14.7 Å². The first-order valence-electron chi connectivity index (χ1n) is 7.45. The van der Waals surface area contributed by atoms with E-state index in [1.807, 2.05) is 20.8 Å². The van der Waals surface area contributed by atoms with Crippen molar-refractivity contribution in [2.45, 2.75) is 65.0 Å². The van der Waals surface area contributed by atoms with E-state index < -0.39 is 11.5 Å². The highest BCUT2D eigenvalue weighted by Gasteiger charge is 2.29. The second-order valence-electron chi connectivity index (χ2n) is 6.68. The summed E-state index contributed by atoms with van der Waals surface area (Å²) < 4.78 is 0. The lowest BCUT2D eigenvalue weighted by Gasteiger charge is -2.35. The molecular weight excluding hydrogens is 256 g/mol. The highest BCUT2D eigenvalue weighted by atomic mass is 16.3. The van der Waals surface area contributed by atoms with Crippen LogP contribution in [-0.2, 0) is 9.59 Å². The Morgan fingerprint density at radius 1 is 1.25 bits per heavy atom. The Morgan fingerprint density at radius 2 is 1.85 bits per heavy atom. The Labute approximate surface area is 121 Å². The van der Waals surface area contributed by atoms with Gasteiger partial charge in [-0.25, -0.2) is 0 Å². The average molecular weight is 284 g/mol. The van der Waals surface area contributed by atoms with Crippen molar-refractivity contribution in [3.8, 4) is 0 Å². The number of aliphatic hydroxyl groups is 1. The third-order valence-corrected chi connectivity index (χ3v) is 3.89. The number of hydrogen-bond donors (Lipinski definition) is 2. The molecule has 1 aliphatic rings. The lowest BCUT2D eigenvalue weighted by molar-refractivity contribution is -0.135. The van der Waals surface area contributed by atoms with Gasteiger partial charge in [0, 0.05) is 25.4 Å². The van der Waals surface area contributed by atoms with Gasteiger partial charge in [-0.15, -0.1) is 0 Å². The molecule has 2 amide bonds. The topological polar surface area (TPSA) is 69.6 Å². The second-order valence-corrected chi connectivity index (χ2v) is 6.68. The molecule has 0 heterocycles. The first-order valence-corrected chi connectivity index (χ1v) is 7.45. The zero-order valence-electron chi connectivity index (χ0n) is 13.1. The van der Waals surface area contributed by atoms with Crippen LogP contribution in [0.2, 0.25) is 0 Å². The molecule has 0 radical (unpaired) electrons. The fourth-order valence-corrected chi connectivity index (χ4v) is 2.45. The molecule has 1 rings (SSSR count). The van der Waals surface area contributed by atoms with Gasteiger partial charge in [0.1, 0.15) is 0 Å². The molecule has 5 heteroatoms. The highest BCUT2D eigenvalue weighted by Crippen LogP contribution is 2.22. The average Bonchev–Trinajstić information content (AvgIpc) is 2.37. The summed E-state index contributed by atoms with van der Waals surface area (Å²) in [5, 5.41) is 12.7. The minimum absolute atomic E-state index is 0.0230. The number of rotatable bonds is 4. The van der Waals surface area contributed by atoms with Gasteiger partial charge in [-0.1, -0.05) is 33.6 Å². The number of carbonyl (C=O) groups is 2. The highest BCUT2D eigenvalue weighted by molar-refractivity contribution is 5.82. The number of nitrogens with zero attached hydrogens (tertiary/aromatic N) is 1. The summed E-state index contributed by atoms with van der Waals surface area (Å²) in [6.45, 7) is 5.88. The summed E-state index contributed by atoms with van der Waals surface area (Å²) in [7, 11) is 1.74. The van der Waals surface area contributed by atoms with Crippen molar-refractivity contribution in [2.24, 2.45) is 5.41 Å². The monoisotopic (exact) mass is 284 g/mol. The van der Waals surface area contributed by atoms with E-state index in [0.717, 1.165) is 25.7 Å². The number of nitrogens with one attached hydrogen (secondary N) is 1. The van der Waals surface area contributed by atoms with Crippen molar-refractivity contribution in [1.29, 1.82) is 0 Å². The number of likely N-dealkylation sites (N-methyl/N-ethyl adjacent to an activating group) is 1. The van der Waals surface area contributed by atoms with E-state index in [1.54, 1.807) is 11.9 Å². The number of carbonyl (C=O) groups excluding carboxylic acids is 2. The molecule has 0 aromatic rings. The predicted molar refractivity (Wildman–Crippen MR) is 78.1 cm³/mol. The van der Waals surface area contributed by atoms with Crippen LogP contribution >= 0.6 is 0 Å². The van der Waals surface area contributed by atoms with E-state index in [0.29, 0.717) is 6.54 Å². The summed E-state index contributed by atoms with van der Waals surface area (Å²) in [6, 6.07) is -0.0745. The maximum absolute atomic E-state index is 12.1. The van der Waals surface area contributed by atoms with Crippen LogP contribution in [0.15, 0.2) is 0 Å². The van der Waals surface area contributed by atoms with Gasteiger partial charge < -0.3 is 15.3 Å². The molecule has 0 aromatic carbocycles. The molecule has 0 bridgehead atoms. The smallest absolute Gasteiger partial charge is 0.225 e. The van der Waals surface area contributed by atoms with Crippen LogP contribution in [0.4, 0.5) is 0 Å². The lowest BCUT2D eigenvalue weighted by atomic mass is 9.91. The Bertz CT molecular complexity index is 350. The third kappa shape index (κ3) is 4.78. The maximum atomic E-state index is 12.1. The SMILES string of the molecule is CN(C(=O)CCNC(=O)C(C)(C)C)C1CCCCC1O. The van der Waals surface area contributed by atoms with Gasteiger partial charge in [0.15, 0.2) is 0 Å². The number of hydrogen-bond acceptors (Lipinski definition) is 3. The molecule has 5 nitrogen and oxygen atoms in total. The molecule has 2 atom stereocenters. The van der Waals surface area contributed by atoms with Crippen LogP contribution in [0.1, 0.15) is 52.9 Å². The molecule has 1 aliphatic carbocycles. The zero-order chi connectivity index (χ0) is 15.3. The zero-order valence-corrected chi connectivity index (χ0v) is 13.1. The van der Waals surface area contributed by atoms with Gasteiger partial charge in [-0.05, 0) is 12.8 Å². The summed E-state index contributed by atoms with van der Waals surface area (Å²) in [6.07, 6.45) is 3.57. The number of aliphatic hydroxyl groups excluding tert-OH is 1. The Morgan fingerprint density at radius 3 is 2.40 bits per heavy atom. The molecule has 1 fully saturated rings. The molecule has 0 aromatic heterocycles.